The third kappa shape index (κ3) is 7.33. The van der Waals surface area contributed by atoms with Crippen molar-refractivity contribution >= 4 is 11.6 Å². The van der Waals surface area contributed by atoms with Crippen LogP contribution in [0.15, 0.2) is 30.7 Å². The van der Waals surface area contributed by atoms with Crippen molar-refractivity contribution < 1.29 is 4.79 Å². The number of carbonyl (C=O) groups excluding carboxylic acids is 1. The molecule has 0 spiro atoms. The highest BCUT2D eigenvalue weighted by Gasteiger charge is 2.21. The Kier molecular flexibility index (Phi) is 7.42. The summed E-state index contributed by atoms with van der Waals surface area (Å²) >= 11 is 0. The summed E-state index contributed by atoms with van der Waals surface area (Å²) in [7, 11) is 2.14. The number of imidazole rings is 1. The van der Waals surface area contributed by atoms with Crippen LogP contribution >= 0.6 is 0 Å². The molecule has 0 aliphatic heterocycles. The van der Waals surface area contributed by atoms with Gasteiger partial charge in [0.1, 0.15) is 5.65 Å². The molecule has 0 N–H and O–H groups in total. The van der Waals surface area contributed by atoms with Gasteiger partial charge in [-0.2, -0.15) is 0 Å². The van der Waals surface area contributed by atoms with E-state index in [-0.39, 0.29) is 11.3 Å². The van der Waals surface area contributed by atoms with Gasteiger partial charge in [0, 0.05) is 44.6 Å². The molecule has 0 saturated heterocycles. The summed E-state index contributed by atoms with van der Waals surface area (Å²) in [6.45, 7) is 14.3. The minimum atomic E-state index is 0.0368. The third-order valence-corrected chi connectivity index (χ3v) is 4.49. The summed E-state index contributed by atoms with van der Waals surface area (Å²) in [4.78, 5) is 21.3. The minimum Gasteiger partial charge on any atom is -0.342 e. The lowest BCUT2D eigenvalue weighted by molar-refractivity contribution is -0.133. The summed E-state index contributed by atoms with van der Waals surface area (Å²) < 4.78 is 2.05. The molecule has 0 bridgehead atoms. The van der Waals surface area contributed by atoms with Crippen LogP contribution in [0.4, 0.5) is 0 Å². The van der Waals surface area contributed by atoms with Crippen molar-refractivity contribution in [3.8, 4) is 0 Å². The number of rotatable bonds is 9. The molecule has 0 aromatic carbocycles. The van der Waals surface area contributed by atoms with Gasteiger partial charge in [-0.15, -0.1) is 0 Å². The molecule has 0 aliphatic rings. The Morgan fingerprint density at radius 1 is 1.22 bits per heavy atom. The van der Waals surface area contributed by atoms with Crippen molar-refractivity contribution in [1.29, 1.82) is 0 Å². The highest BCUT2D eigenvalue weighted by Crippen LogP contribution is 2.20. The van der Waals surface area contributed by atoms with Gasteiger partial charge in [-0.1, -0.05) is 40.7 Å². The predicted molar refractivity (Wildman–Crippen MR) is 112 cm³/mol. The molecule has 1 amide bonds. The van der Waals surface area contributed by atoms with Crippen molar-refractivity contribution in [2.75, 3.05) is 26.7 Å². The van der Waals surface area contributed by atoms with Gasteiger partial charge in [0.25, 0.3) is 0 Å². The molecule has 0 atom stereocenters. The zero-order valence-corrected chi connectivity index (χ0v) is 17.9. The lowest BCUT2D eigenvalue weighted by Crippen LogP contribution is -2.38. The second kappa shape index (κ2) is 9.36. The second-order valence-electron chi connectivity index (χ2n) is 9.29. The largest absolute Gasteiger partial charge is 0.342 e. The van der Waals surface area contributed by atoms with E-state index in [1.807, 2.05) is 12.4 Å². The number of fused-ring (bicyclic) bond motifs is 1. The van der Waals surface area contributed by atoms with Gasteiger partial charge < -0.3 is 14.2 Å². The van der Waals surface area contributed by atoms with Gasteiger partial charge in [-0.05, 0) is 43.0 Å². The summed E-state index contributed by atoms with van der Waals surface area (Å²) in [6.07, 6.45) is 7.54. The number of amides is 1. The molecule has 2 aromatic heterocycles. The summed E-state index contributed by atoms with van der Waals surface area (Å²) in [5, 5.41) is 0. The first-order valence-corrected chi connectivity index (χ1v) is 10.0. The lowest BCUT2D eigenvalue weighted by Gasteiger charge is -2.29. The van der Waals surface area contributed by atoms with E-state index in [0.717, 1.165) is 38.2 Å². The van der Waals surface area contributed by atoms with E-state index in [4.69, 9.17) is 0 Å². The third-order valence-electron chi connectivity index (χ3n) is 4.49. The van der Waals surface area contributed by atoms with E-state index in [2.05, 4.69) is 79.2 Å². The number of hydrogen-bond acceptors (Lipinski definition) is 3. The maximum absolute atomic E-state index is 12.7. The molecule has 5 nitrogen and oxygen atoms in total. The quantitative estimate of drug-likeness (QED) is 0.666. The maximum atomic E-state index is 12.7. The van der Waals surface area contributed by atoms with Crippen molar-refractivity contribution in [2.45, 2.75) is 54.0 Å². The molecule has 150 valence electrons. The van der Waals surface area contributed by atoms with Crippen LogP contribution in [0.25, 0.3) is 5.65 Å². The highest BCUT2D eigenvalue weighted by atomic mass is 16.2. The average molecular weight is 373 g/mol. The zero-order valence-electron chi connectivity index (χ0n) is 17.9. The van der Waals surface area contributed by atoms with Gasteiger partial charge in [-0.3, -0.25) is 4.79 Å². The van der Waals surface area contributed by atoms with Crippen molar-refractivity contribution in [3.05, 3.63) is 36.3 Å². The number of pyridine rings is 1. The molecule has 0 saturated carbocycles. The predicted octanol–water partition coefficient (Wildman–Crippen LogP) is 4.08. The Morgan fingerprint density at radius 3 is 2.63 bits per heavy atom. The van der Waals surface area contributed by atoms with Crippen molar-refractivity contribution in [3.63, 3.8) is 0 Å². The number of aromatic nitrogens is 2. The van der Waals surface area contributed by atoms with E-state index < -0.39 is 0 Å². The molecule has 0 fully saturated rings. The van der Waals surface area contributed by atoms with Crippen LogP contribution in [-0.4, -0.2) is 51.8 Å². The summed E-state index contributed by atoms with van der Waals surface area (Å²) in [5.41, 5.74) is 2.28. The van der Waals surface area contributed by atoms with Gasteiger partial charge >= 0.3 is 0 Å². The normalized spacial score (nSPS) is 12.3. The van der Waals surface area contributed by atoms with Crippen LogP contribution < -0.4 is 0 Å². The van der Waals surface area contributed by atoms with Crippen LogP contribution in [0.1, 0.15) is 53.0 Å². The standard InChI is InChI=1S/C22H36N4O/c1-18(2)15-26(21(27)14-22(3,4)5)12-7-11-24(6)16-19-8-9-20-23-10-13-25(20)17-19/h8-10,13,17-18H,7,11-12,14-16H2,1-6H3. The SMILES string of the molecule is CC(C)CN(CCCN(C)Cc1ccc2nccn2c1)C(=O)CC(C)(C)C. The van der Waals surface area contributed by atoms with Crippen LogP contribution in [0, 0.1) is 11.3 Å². The highest BCUT2D eigenvalue weighted by molar-refractivity contribution is 5.76. The molecule has 2 heterocycles. The first-order chi connectivity index (χ1) is 12.6. The Balaban J connectivity index is 1.84. The fourth-order valence-corrected chi connectivity index (χ4v) is 3.31. The Labute approximate surface area is 164 Å². The van der Waals surface area contributed by atoms with Crippen LogP contribution in [0.2, 0.25) is 0 Å². The minimum absolute atomic E-state index is 0.0368. The van der Waals surface area contributed by atoms with Crippen LogP contribution in [0.3, 0.4) is 0 Å². The lowest BCUT2D eigenvalue weighted by atomic mass is 9.91. The first kappa shape index (κ1) is 21.4. The first-order valence-electron chi connectivity index (χ1n) is 10.0. The molecule has 0 aliphatic carbocycles. The number of carbonyl (C=O) groups is 1. The molecule has 2 aromatic rings. The van der Waals surface area contributed by atoms with Gasteiger partial charge in [0.05, 0.1) is 0 Å². The Hall–Kier alpha value is -1.88. The number of nitrogens with zero attached hydrogens (tertiary/aromatic N) is 4. The van der Waals surface area contributed by atoms with E-state index in [1.165, 1.54) is 5.56 Å². The van der Waals surface area contributed by atoms with Gasteiger partial charge in [0.2, 0.25) is 5.91 Å². The Morgan fingerprint density at radius 2 is 1.96 bits per heavy atom. The van der Waals surface area contributed by atoms with E-state index in [0.29, 0.717) is 12.3 Å². The molecule has 2 rings (SSSR count). The topological polar surface area (TPSA) is 40.9 Å². The molecule has 27 heavy (non-hydrogen) atoms. The van der Waals surface area contributed by atoms with Crippen LogP contribution in [-0.2, 0) is 11.3 Å². The zero-order chi connectivity index (χ0) is 20.0. The van der Waals surface area contributed by atoms with Crippen molar-refractivity contribution in [2.24, 2.45) is 11.3 Å². The van der Waals surface area contributed by atoms with Gasteiger partial charge in [0.15, 0.2) is 0 Å². The average Bonchev–Trinajstić information content (AvgIpc) is 2.99. The molecule has 5 heteroatoms. The summed E-state index contributed by atoms with van der Waals surface area (Å²) in [5.74, 6) is 0.776. The van der Waals surface area contributed by atoms with E-state index in [1.54, 1.807) is 0 Å². The smallest absolute Gasteiger partial charge is 0.223 e. The molecule has 0 radical (unpaired) electrons. The Bertz CT molecular complexity index is 729. The molecular formula is C22H36N4O. The van der Waals surface area contributed by atoms with Gasteiger partial charge in [-0.25, -0.2) is 4.98 Å². The van der Waals surface area contributed by atoms with E-state index >= 15 is 0 Å². The maximum Gasteiger partial charge on any atom is 0.223 e. The summed E-state index contributed by atoms with van der Waals surface area (Å²) in [6, 6.07) is 4.19. The number of hydrogen-bond donors (Lipinski definition) is 0. The fourth-order valence-electron chi connectivity index (χ4n) is 3.31. The fraction of sp³-hybridized carbons (Fsp3) is 0.636. The monoisotopic (exact) mass is 372 g/mol. The molecule has 0 unspecified atom stereocenters. The van der Waals surface area contributed by atoms with Crippen molar-refractivity contribution in [1.82, 2.24) is 19.2 Å². The van der Waals surface area contributed by atoms with Crippen LogP contribution in [0.5, 0.6) is 0 Å². The molecular weight excluding hydrogens is 336 g/mol. The second-order valence-corrected chi connectivity index (χ2v) is 9.29. The van der Waals surface area contributed by atoms with E-state index in [9.17, 15) is 4.79 Å².